The van der Waals surface area contributed by atoms with E-state index in [1.54, 1.807) is 19.1 Å². The standard InChI is InChI=1S/C24H25N3O4/c1-18(31-24(29)19-4-8-21(9-5-19)26-12-2-3-13-26)23(28)25-20-6-10-22(11-7-20)27-14-16-30-17-15-27/h2-13,18H,14-17H2,1H3,(H,25,28)/t18-/m1/s1. The molecule has 31 heavy (non-hydrogen) atoms. The summed E-state index contributed by atoms with van der Waals surface area (Å²) in [4.78, 5) is 27.1. The number of carbonyl (C=O) groups excluding carboxylic acids is 2. The number of rotatable bonds is 6. The van der Waals surface area contributed by atoms with Gasteiger partial charge in [0, 0.05) is 42.5 Å². The van der Waals surface area contributed by atoms with Crippen LogP contribution in [0, 0.1) is 0 Å². The van der Waals surface area contributed by atoms with Crippen LogP contribution in [0.15, 0.2) is 73.1 Å². The van der Waals surface area contributed by atoms with Crippen LogP contribution in [0.4, 0.5) is 11.4 Å². The summed E-state index contributed by atoms with van der Waals surface area (Å²) in [6.07, 6.45) is 2.93. The largest absolute Gasteiger partial charge is 0.449 e. The van der Waals surface area contributed by atoms with E-state index in [1.807, 2.05) is 65.5 Å². The number of esters is 1. The van der Waals surface area contributed by atoms with Crippen molar-refractivity contribution in [1.82, 2.24) is 4.57 Å². The Balaban J connectivity index is 1.31. The highest BCUT2D eigenvalue weighted by Crippen LogP contribution is 2.19. The number of amides is 1. The molecule has 0 radical (unpaired) electrons. The number of hydrogen-bond donors (Lipinski definition) is 1. The maximum absolute atomic E-state index is 12.5. The second-order valence-electron chi connectivity index (χ2n) is 7.32. The molecule has 1 N–H and O–H groups in total. The average Bonchev–Trinajstić information content (AvgIpc) is 3.35. The lowest BCUT2D eigenvalue weighted by Crippen LogP contribution is -2.36. The van der Waals surface area contributed by atoms with E-state index in [0.29, 0.717) is 11.3 Å². The van der Waals surface area contributed by atoms with Gasteiger partial charge in [-0.3, -0.25) is 4.79 Å². The summed E-state index contributed by atoms with van der Waals surface area (Å²) in [5.74, 6) is -0.916. The summed E-state index contributed by atoms with van der Waals surface area (Å²) in [6.45, 7) is 4.70. The van der Waals surface area contributed by atoms with Gasteiger partial charge in [0.15, 0.2) is 6.10 Å². The zero-order valence-electron chi connectivity index (χ0n) is 17.4. The van der Waals surface area contributed by atoms with E-state index < -0.39 is 12.1 Å². The van der Waals surface area contributed by atoms with Crippen LogP contribution in [0.1, 0.15) is 17.3 Å². The first kappa shape index (κ1) is 20.7. The predicted molar refractivity (Wildman–Crippen MR) is 119 cm³/mol. The van der Waals surface area contributed by atoms with Gasteiger partial charge in [0.1, 0.15) is 0 Å². The summed E-state index contributed by atoms with van der Waals surface area (Å²) < 4.78 is 12.6. The summed E-state index contributed by atoms with van der Waals surface area (Å²) in [5.41, 5.74) is 3.07. The molecule has 1 amide bonds. The molecule has 0 bridgehead atoms. The number of benzene rings is 2. The fourth-order valence-electron chi connectivity index (χ4n) is 3.38. The van der Waals surface area contributed by atoms with Gasteiger partial charge in [0.05, 0.1) is 18.8 Å². The second kappa shape index (κ2) is 9.49. The molecule has 4 rings (SSSR count). The molecule has 0 saturated carbocycles. The van der Waals surface area contributed by atoms with Crippen molar-refractivity contribution < 1.29 is 19.1 Å². The van der Waals surface area contributed by atoms with Gasteiger partial charge in [0.2, 0.25) is 0 Å². The van der Waals surface area contributed by atoms with Crippen molar-refractivity contribution in [2.24, 2.45) is 0 Å². The molecule has 1 saturated heterocycles. The molecule has 7 heteroatoms. The lowest BCUT2D eigenvalue weighted by molar-refractivity contribution is -0.123. The second-order valence-corrected chi connectivity index (χ2v) is 7.32. The van der Waals surface area contributed by atoms with Gasteiger partial charge in [-0.15, -0.1) is 0 Å². The van der Waals surface area contributed by atoms with Crippen LogP contribution in [-0.2, 0) is 14.3 Å². The minimum absolute atomic E-state index is 0.378. The Morgan fingerprint density at radius 3 is 2.19 bits per heavy atom. The van der Waals surface area contributed by atoms with Gasteiger partial charge >= 0.3 is 5.97 Å². The topological polar surface area (TPSA) is 72.8 Å². The Labute approximate surface area is 181 Å². The van der Waals surface area contributed by atoms with Crippen molar-refractivity contribution in [3.63, 3.8) is 0 Å². The summed E-state index contributed by atoms with van der Waals surface area (Å²) in [6, 6.07) is 18.5. The quantitative estimate of drug-likeness (QED) is 0.619. The highest BCUT2D eigenvalue weighted by atomic mass is 16.5. The van der Waals surface area contributed by atoms with Crippen LogP contribution in [0.3, 0.4) is 0 Å². The van der Waals surface area contributed by atoms with E-state index >= 15 is 0 Å². The normalized spacial score (nSPS) is 14.7. The minimum Gasteiger partial charge on any atom is -0.449 e. The van der Waals surface area contributed by atoms with Crippen LogP contribution < -0.4 is 10.2 Å². The number of hydrogen-bond acceptors (Lipinski definition) is 5. The minimum atomic E-state index is -0.921. The smallest absolute Gasteiger partial charge is 0.338 e. The number of nitrogens with one attached hydrogen (secondary N) is 1. The van der Waals surface area contributed by atoms with Crippen LogP contribution in [-0.4, -0.2) is 48.9 Å². The van der Waals surface area contributed by atoms with Gasteiger partial charge in [-0.25, -0.2) is 4.79 Å². The molecule has 1 aromatic heterocycles. The van der Waals surface area contributed by atoms with Gasteiger partial charge in [-0.05, 0) is 67.6 Å². The Hall–Kier alpha value is -3.58. The first-order chi connectivity index (χ1) is 15.1. The molecule has 0 unspecified atom stereocenters. The first-order valence-corrected chi connectivity index (χ1v) is 10.3. The Kier molecular flexibility index (Phi) is 6.33. The van der Waals surface area contributed by atoms with Crippen molar-refractivity contribution >= 4 is 23.3 Å². The molecule has 0 aliphatic carbocycles. The van der Waals surface area contributed by atoms with Gasteiger partial charge in [-0.1, -0.05) is 0 Å². The van der Waals surface area contributed by atoms with Gasteiger partial charge in [0.25, 0.3) is 5.91 Å². The third-order valence-corrected chi connectivity index (χ3v) is 5.17. The zero-order valence-corrected chi connectivity index (χ0v) is 17.4. The molecule has 3 aromatic rings. The summed E-state index contributed by atoms with van der Waals surface area (Å²) in [7, 11) is 0. The third kappa shape index (κ3) is 5.13. The number of morpholine rings is 1. The van der Waals surface area contributed by atoms with Crippen LogP contribution in [0.25, 0.3) is 5.69 Å². The maximum Gasteiger partial charge on any atom is 0.338 e. The average molecular weight is 419 g/mol. The molecule has 0 spiro atoms. The van der Waals surface area contributed by atoms with E-state index in [9.17, 15) is 9.59 Å². The predicted octanol–water partition coefficient (Wildman–Crippen LogP) is 3.50. The number of anilines is 2. The van der Waals surface area contributed by atoms with E-state index in [-0.39, 0.29) is 5.91 Å². The molecule has 1 atom stereocenters. The highest BCUT2D eigenvalue weighted by molar-refractivity contribution is 5.97. The lowest BCUT2D eigenvalue weighted by atomic mass is 10.2. The van der Waals surface area contributed by atoms with Crippen LogP contribution in [0.2, 0.25) is 0 Å². The van der Waals surface area contributed by atoms with Crippen molar-refractivity contribution in [3.05, 3.63) is 78.6 Å². The summed E-state index contributed by atoms with van der Waals surface area (Å²) >= 11 is 0. The van der Waals surface area contributed by atoms with E-state index in [0.717, 1.165) is 37.7 Å². The molecule has 1 aliphatic heterocycles. The number of nitrogens with zero attached hydrogens (tertiary/aromatic N) is 2. The molecule has 7 nitrogen and oxygen atoms in total. The lowest BCUT2D eigenvalue weighted by Gasteiger charge is -2.28. The fourth-order valence-corrected chi connectivity index (χ4v) is 3.38. The van der Waals surface area contributed by atoms with E-state index in [4.69, 9.17) is 9.47 Å². The monoisotopic (exact) mass is 419 g/mol. The Bertz CT molecular complexity index is 1010. The highest BCUT2D eigenvalue weighted by Gasteiger charge is 2.19. The molecule has 2 aromatic carbocycles. The first-order valence-electron chi connectivity index (χ1n) is 10.3. The van der Waals surface area contributed by atoms with Gasteiger partial charge < -0.3 is 24.3 Å². The maximum atomic E-state index is 12.5. The molecule has 160 valence electrons. The van der Waals surface area contributed by atoms with Crippen molar-refractivity contribution in [3.8, 4) is 5.69 Å². The zero-order chi connectivity index (χ0) is 21.6. The van der Waals surface area contributed by atoms with Crippen molar-refractivity contribution in [2.75, 3.05) is 36.5 Å². The van der Waals surface area contributed by atoms with Crippen LogP contribution in [0.5, 0.6) is 0 Å². The number of aromatic nitrogens is 1. The Morgan fingerprint density at radius 1 is 0.935 bits per heavy atom. The molecule has 1 aliphatic rings. The number of ether oxygens (including phenoxy) is 2. The van der Waals surface area contributed by atoms with Crippen molar-refractivity contribution in [2.45, 2.75) is 13.0 Å². The van der Waals surface area contributed by atoms with Crippen molar-refractivity contribution in [1.29, 1.82) is 0 Å². The molecule has 1 fully saturated rings. The van der Waals surface area contributed by atoms with Gasteiger partial charge in [-0.2, -0.15) is 0 Å². The number of carbonyl (C=O) groups is 2. The summed E-state index contributed by atoms with van der Waals surface area (Å²) in [5, 5.41) is 2.79. The molecular weight excluding hydrogens is 394 g/mol. The van der Waals surface area contributed by atoms with Crippen LogP contribution >= 0.6 is 0 Å². The fraction of sp³-hybridized carbons (Fsp3) is 0.250. The van der Waals surface area contributed by atoms with E-state index in [2.05, 4.69) is 10.2 Å². The molecular formula is C24H25N3O4. The third-order valence-electron chi connectivity index (χ3n) is 5.17. The van der Waals surface area contributed by atoms with E-state index in [1.165, 1.54) is 0 Å². The Morgan fingerprint density at radius 2 is 1.55 bits per heavy atom. The SMILES string of the molecule is C[C@@H](OC(=O)c1ccc(-n2cccc2)cc1)C(=O)Nc1ccc(N2CCOCC2)cc1. The molecule has 2 heterocycles.